The summed E-state index contributed by atoms with van der Waals surface area (Å²) in [7, 11) is 0. The van der Waals surface area contributed by atoms with Gasteiger partial charge in [-0.25, -0.2) is 14.2 Å². The molecule has 0 bridgehead atoms. The average Bonchev–Trinajstić information content (AvgIpc) is 3.29. The zero-order valence-corrected chi connectivity index (χ0v) is 21.9. The summed E-state index contributed by atoms with van der Waals surface area (Å²) >= 11 is 0. The van der Waals surface area contributed by atoms with Crippen LogP contribution in [0.15, 0.2) is 48.8 Å². The van der Waals surface area contributed by atoms with Gasteiger partial charge in [-0.15, -0.1) is 0 Å². The fourth-order valence-corrected chi connectivity index (χ4v) is 5.39. The van der Waals surface area contributed by atoms with Crippen LogP contribution < -0.4 is 16.4 Å². The summed E-state index contributed by atoms with van der Waals surface area (Å²) in [6, 6.07) is 11.1. The molecule has 9 heteroatoms. The molecular weight excluding hydrogens is 483 g/mol. The van der Waals surface area contributed by atoms with Crippen LogP contribution in [-0.2, 0) is 24.3 Å². The van der Waals surface area contributed by atoms with Crippen LogP contribution in [0.1, 0.15) is 53.8 Å². The summed E-state index contributed by atoms with van der Waals surface area (Å²) in [5, 5.41) is 5.99. The monoisotopic (exact) mass is 518 g/mol. The van der Waals surface area contributed by atoms with Crippen molar-refractivity contribution in [3.63, 3.8) is 0 Å². The van der Waals surface area contributed by atoms with Gasteiger partial charge in [0, 0.05) is 30.7 Å². The Morgan fingerprint density at radius 2 is 1.82 bits per heavy atom. The summed E-state index contributed by atoms with van der Waals surface area (Å²) < 4.78 is 15.5. The Morgan fingerprint density at radius 3 is 2.55 bits per heavy atom. The number of rotatable bonds is 5. The predicted molar refractivity (Wildman–Crippen MR) is 144 cm³/mol. The largest absolute Gasteiger partial charge is 0.352 e. The van der Waals surface area contributed by atoms with Crippen molar-refractivity contribution in [3.8, 4) is 0 Å². The highest BCUT2D eigenvalue weighted by atomic mass is 19.1. The van der Waals surface area contributed by atoms with Crippen LogP contribution in [0.25, 0.3) is 0 Å². The van der Waals surface area contributed by atoms with E-state index in [1.807, 2.05) is 0 Å². The van der Waals surface area contributed by atoms with Crippen molar-refractivity contribution in [3.05, 3.63) is 82.7 Å². The number of halogens is 1. The number of urea groups is 1. The second-order valence-electron chi connectivity index (χ2n) is 10.6. The Bertz CT molecular complexity index is 1310. The molecular formula is C29H35FN6O2. The number of nitrogens with two attached hydrogens (primary N) is 1. The number of nitrogens with one attached hydrogen (secondary N) is 2. The first-order chi connectivity index (χ1) is 18.3. The smallest absolute Gasteiger partial charge is 0.322 e. The van der Waals surface area contributed by atoms with Crippen molar-refractivity contribution in [1.29, 1.82) is 0 Å². The molecule has 38 heavy (non-hydrogen) atoms. The third-order valence-corrected chi connectivity index (χ3v) is 7.74. The molecule has 4 N–H and O–H groups in total. The number of aromatic nitrogens is 2. The van der Waals surface area contributed by atoms with Gasteiger partial charge in [0.15, 0.2) is 0 Å². The van der Waals surface area contributed by atoms with E-state index < -0.39 is 12.1 Å². The van der Waals surface area contributed by atoms with Crippen molar-refractivity contribution in [2.45, 2.75) is 77.2 Å². The third kappa shape index (κ3) is 5.72. The van der Waals surface area contributed by atoms with Gasteiger partial charge in [0.2, 0.25) is 5.91 Å². The number of anilines is 1. The van der Waals surface area contributed by atoms with E-state index in [-0.39, 0.29) is 30.4 Å². The minimum Gasteiger partial charge on any atom is -0.352 e. The first-order valence-electron chi connectivity index (χ1n) is 13.2. The highest BCUT2D eigenvalue weighted by Gasteiger charge is 2.38. The molecule has 0 spiro atoms. The van der Waals surface area contributed by atoms with Crippen LogP contribution >= 0.6 is 0 Å². The Labute approximate surface area is 222 Å². The number of imidazole rings is 1. The average molecular weight is 519 g/mol. The van der Waals surface area contributed by atoms with Gasteiger partial charge in [-0.1, -0.05) is 23.8 Å². The zero-order valence-electron chi connectivity index (χ0n) is 21.9. The first-order valence-corrected chi connectivity index (χ1v) is 13.2. The van der Waals surface area contributed by atoms with Crippen LogP contribution in [0.4, 0.5) is 14.9 Å². The van der Waals surface area contributed by atoms with E-state index in [1.165, 1.54) is 41.0 Å². The van der Waals surface area contributed by atoms with E-state index in [4.69, 9.17) is 5.73 Å². The topological polar surface area (TPSA) is 105 Å². The molecule has 1 unspecified atom stereocenters. The van der Waals surface area contributed by atoms with Gasteiger partial charge in [0.1, 0.15) is 11.9 Å². The molecule has 0 saturated heterocycles. The number of hydrogen-bond acceptors (Lipinski definition) is 4. The van der Waals surface area contributed by atoms with Gasteiger partial charge in [-0.05, 0) is 74.9 Å². The number of hydrogen-bond donors (Lipinski definition) is 3. The maximum Gasteiger partial charge on any atom is 0.322 e. The van der Waals surface area contributed by atoms with Crippen molar-refractivity contribution < 1.29 is 14.0 Å². The van der Waals surface area contributed by atoms with Gasteiger partial charge < -0.3 is 25.8 Å². The fraction of sp³-hybridized carbons (Fsp3) is 0.414. The Kier molecular flexibility index (Phi) is 7.46. The number of nitrogens with zero attached hydrogens (tertiary/aromatic N) is 3. The summed E-state index contributed by atoms with van der Waals surface area (Å²) in [6.07, 6.45) is 5.53. The van der Waals surface area contributed by atoms with E-state index in [2.05, 4.69) is 52.2 Å². The molecule has 1 atom stereocenters. The minimum absolute atomic E-state index is 0.0487. The van der Waals surface area contributed by atoms with Gasteiger partial charge in [0.25, 0.3) is 0 Å². The zero-order chi connectivity index (χ0) is 26.8. The maximum absolute atomic E-state index is 13.5. The molecule has 0 radical (unpaired) electrons. The number of carbonyl (C=O) groups excluding carboxylic acids is 2. The third-order valence-electron chi connectivity index (χ3n) is 7.74. The van der Waals surface area contributed by atoms with Crippen LogP contribution in [0.3, 0.4) is 0 Å². The number of benzene rings is 2. The number of amides is 3. The summed E-state index contributed by atoms with van der Waals surface area (Å²) in [4.78, 5) is 33.2. The Hall–Kier alpha value is -3.72. The van der Waals surface area contributed by atoms with E-state index in [1.54, 1.807) is 11.2 Å². The van der Waals surface area contributed by atoms with E-state index in [0.717, 1.165) is 37.1 Å². The van der Waals surface area contributed by atoms with Crippen molar-refractivity contribution in [2.24, 2.45) is 5.73 Å². The number of fused-ring (bicyclic) bond motifs is 1. The van der Waals surface area contributed by atoms with E-state index in [9.17, 15) is 14.0 Å². The van der Waals surface area contributed by atoms with E-state index in [0.29, 0.717) is 18.7 Å². The molecule has 3 aromatic rings. The standard InChI is InChI=1S/C29H35FN6O2/c1-18-3-4-19(2)20(13-18)15-35-17-32-25-14-26(28(37)33-23-11-7-22(31)8-12-23)36(16-27(25)35)29(38)34-24-9-5-21(30)6-10-24/h3-6,9-10,13,17,22-23,26H,7-8,11-12,14-16,31H2,1-2H3,(H,33,37)(H,34,38). The van der Waals surface area contributed by atoms with Crippen molar-refractivity contribution in [1.82, 2.24) is 19.8 Å². The number of carbonyl (C=O) groups is 2. The van der Waals surface area contributed by atoms with Gasteiger partial charge >= 0.3 is 6.03 Å². The molecule has 5 rings (SSSR count). The lowest BCUT2D eigenvalue weighted by atomic mass is 9.91. The molecule has 1 fully saturated rings. The summed E-state index contributed by atoms with van der Waals surface area (Å²) in [6.45, 7) is 5.01. The first kappa shape index (κ1) is 25.9. The molecule has 200 valence electrons. The van der Waals surface area contributed by atoms with E-state index >= 15 is 0 Å². The van der Waals surface area contributed by atoms with Crippen LogP contribution in [-0.4, -0.2) is 44.5 Å². The van der Waals surface area contributed by atoms with Crippen LogP contribution in [0, 0.1) is 19.7 Å². The molecule has 2 aromatic carbocycles. The quantitative estimate of drug-likeness (QED) is 0.474. The van der Waals surface area contributed by atoms with Gasteiger partial charge in [-0.3, -0.25) is 4.79 Å². The molecule has 1 aromatic heterocycles. The fourth-order valence-electron chi connectivity index (χ4n) is 5.39. The SMILES string of the molecule is Cc1ccc(C)c(Cn2cnc3c2CN(C(=O)Nc2ccc(F)cc2)C(C(=O)NC2CCC(N)CC2)C3)c1. The molecule has 8 nitrogen and oxygen atoms in total. The van der Waals surface area contributed by atoms with Gasteiger partial charge in [-0.2, -0.15) is 0 Å². The lowest BCUT2D eigenvalue weighted by Crippen LogP contribution is -2.56. The highest BCUT2D eigenvalue weighted by molar-refractivity contribution is 5.94. The molecule has 3 amide bonds. The Morgan fingerprint density at radius 1 is 1.08 bits per heavy atom. The minimum atomic E-state index is -0.706. The van der Waals surface area contributed by atoms with Gasteiger partial charge in [0.05, 0.1) is 24.3 Å². The lowest BCUT2D eigenvalue weighted by Gasteiger charge is -2.36. The normalized spacial score (nSPS) is 21.1. The molecule has 1 aliphatic heterocycles. The Balaban J connectivity index is 1.40. The molecule has 2 heterocycles. The second kappa shape index (κ2) is 10.9. The highest BCUT2D eigenvalue weighted by Crippen LogP contribution is 2.26. The molecule has 1 aliphatic carbocycles. The molecule has 2 aliphatic rings. The maximum atomic E-state index is 13.5. The van der Waals surface area contributed by atoms with Crippen LogP contribution in [0.5, 0.6) is 0 Å². The van der Waals surface area contributed by atoms with Crippen molar-refractivity contribution in [2.75, 3.05) is 5.32 Å². The lowest BCUT2D eigenvalue weighted by molar-refractivity contribution is -0.126. The summed E-state index contributed by atoms with van der Waals surface area (Å²) in [5.74, 6) is -0.570. The summed E-state index contributed by atoms with van der Waals surface area (Å²) in [5.41, 5.74) is 11.8. The van der Waals surface area contributed by atoms with Crippen LogP contribution in [0.2, 0.25) is 0 Å². The predicted octanol–water partition coefficient (Wildman–Crippen LogP) is 4.03. The number of aryl methyl sites for hydroxylation is 2. The second-order valence-corrected chi connectivity index (χ2v) is 10.6. The van der Waals surface area contributed by atoms with Crippen molar-refractivity contribution >= 4 is 17.6 Å². The molecule has 1 saturated carbocycles.